The molecule has 0 unspecified atom stereocenters. The number of ether oxygens (including phenoxy) is 2. The third-order valence-corrected chi connectivity index (χ3v) is 7.27. The number of hydrogen-bond acceptors (Lipinski definition) is 5. The standard InChI is InChI=1S/C33H39NO5/c1-33(2,3)32(37)39-28-14-13-24-19-26(12-11-25(24)20-28)29-16-15-27(38-4)21-30(29)34-17-5-6-22-7-9-23(10-8-22)18-31(35)36/h7-10,13-16,20-21,26,34H,5-6,11-12,17-19H2,1-4H3,(H,35,36)/t26-/m0/s1. The van der Waals surface area contributed by atoms with Crippen molar-refractivity contribution < 1.29 is 24.2 Å². The number of methoxy groups -OCH3 is 1. The van der Waals surface area contributed by atoms with Crippen LogP contribution in [0.1, 0.15) is 67.3 Å². The van der Waals surface area contributed by atoms with Crippen LogP contribution in [0.25, 0.3) is 0 Å². The molecule has 1 aliphatic rings. The molecule has 206 valence electrons. The van der Waals surface area contributed by atoms with E-state index >= 15 is 0 Å². The number of fused-ring (bicyclic) bond motifs is 1. The summed E-state index contributed by atoms with van der Waals surface area (Å²) in [6.07, 6.45) is 4.82. The highest BCUT2D eigenvalue weighted by Crippen LogP contribution is 2.38. The zero-order chi connectivity index (χ0) is 28.0. The van der Waals surface area contributed by atoms with E-state index in [1.54, 1.807) is 7.11 Å². The fourth-order valence-corrected chi connectivity index (χ4v) is 5.01. The predicted molar refractivity (Wildman–Crippen MR) is 154 cm³/mol. The van der Waals surface area contributed by atoms with Crippen LogP contribution in [0.5, 0.6) is 11.5 Å². The van der Waals surface area contributed by atoms with Gasteiger partial charge in [0.05, 0.1) is 18.9 Å². The average Bonchev–Trinajstić information content (AvgIpc) is 2.90. The van der Waals surface area contributed by atoms with Gasteiger partial charge < -0.3 is 19.9 Å². The second kappa shape index (κ2) is 12.4. The van der Waals surface area contributed by atoms with Gasteiger partial charge in [0.15, 0.2) is 0 Å². The number of carbonyl (C=O) groups excluding carboxylic acids is 1. The lowest BCUT2D eigenvalue weighted by molar-refractivity contribution is -0.143. The summed E-state index contributed by atoms with van der Waals surface area (Å²) in [5, 5.41) is 12.6. The van der Waals surface area contributed by atoms with Gasteiger partial charge in [0.25, 0.3) is 0 Å². The van der Waals surface area contributed by atoms with E-state index in [2.05, 4.69) is 23.5 Å². The third kappa shape index (κ3) is 7.62. The number of aliphatic carboxylic acids is 1. The first-order valence-electron chi connectivity index (χ1n) is 13.7. The second-order valence-corrected chi connectivity index (χ2v) is 11.4. The molecule has 3 aromatic rings. The number of esters is 1. The number of carboxylic acids is 1. The Bertz CT molecular complexity index is 1310. The van der Waals surface area contributed by atoms with Gasteiger partial charge in [-0.3, -0.25) is 9.59 Å². The molecule has 0 aliphatic heterocycles. The van der Waals surface area contributed by atoms with E-state index in [1.807, 2.05) is 63.2 Å². The summed E-state index contributed by atoms with van der Waals surface area (Å²) in [4.78, 5) is 23.2. The van der Waals surface area contributed by atoms with Crippen LogP contribution in [0.4, 0.5) is 5.69 Å². The van der Waals surface area contributed by atoms with Crippen molar-refractivity contribution in [2.75, 3.05) is 19.0 Å². The van der Waals surface area contributed by atoms with Gasteiger partial charge in [0.2, 0.25) is 0 Å². The van der Waals surface area contributed by atoms with Gasteiger partial charge in [0, 0.05) is 18.3 Å². The fourth-order valence-electron chi connectivity index (χ4n) is 5.01. The quantitative estimate of drug-likeness (QED) is 0.175. The van der Waals surface area contributed by atoms with E-state index < -0.39 is 11.4 Å². The van der Waals surface area contributed by atoms with Gasteiger partial charge in [0.1, 0.15) is 11.5 Å². The van der Waals surface area contributed by atoms with E-state index in [1.165, 1.54) is 22.3 Å². The largest absolute Gasteiger partial charge is 0.497 e. The summed E-state index contributed by atoms with van der Waals surface area (Å²) in [5.41, 5.74) is 6.44. The molecule has 0 heterocycles. The molecule has 0 fully saturated rings. The predicted octanol–water partition coefficient (Wildman–Crippen LogP) is 6.59. The summed E-state index contributed by atoms with van der Waals surface area (Å²) in [7, 11) is 1.69. The molecule has 1 aliphatic carbocycles. The highest BCUT2D eigenvalue weighted by Gasteiger charge is 2.26. The number of aryl methyl sites for hydroxylation is 2. The molecule has 2 N–H and O–H groups in total. The Hall–Kier alpha value is -3.80. The highest BCUT2D eigenvalue weighted by molar-refractivity contribution is 5.78. The maximum absolute atomic E-state index is 12.3. The van der Waals surface area contributed by atoms with E-state index in [4.69, 9.17) is 14.6 Å². The zero-order valence-corrected chi connectivity index (χ0v) is 23.4. The molecule has 6 heteroatoms. The summed E-state index contributed by atoms with van der Waals surface area (Å²) in [6, 6.07) is 20.2. The van der Waals surface area contributed by atoms with Crippen molar-refractivity contribution >= 4 is 17.6 Å². The fraction of sp³-hybridized carbons (Fsp3) is 0.394. The van der Waals surface area contributed by atoms with Crippen molar-refractivity contribution in [2.45, 2.75) is 65.2 Å². The monoisotopic (exact) mass is 529 g/mol. The van der Waals surface area contributed by atoms with Crippen LogP contribution in [0.3, 0.4) is 0 Å². The number of carbonyl (C=O) groups is 2. The number of carboxylic acid groups (broad SMARTS) is 1. The molecule has 0 bridgehead atoms. The molecule has 3 aromatic carbocycles. The number of nitrogens with one attached hydrogen (secondary N) is 1. The number of hydrogen-bond donors (Lipinski definition) is 2. The smallest absolute Gasteiger partial charge is 0.316 e. The Morgan fingerprint density at radius 1 is 0.949 bits per heavy atom. The maximum atomic E-state index is 12.3. The van der Waals surface area contributed by atoms with E-state index in [-0.39, 0.29) is 12.4 Å². The lowest BCUT2D eigenvalue weighted by atomic mass is 9.79. The van der Waals surface area contributed by atoms with Gasteiger partial charge in [-0.05, 0) is 105 Å². The van der Waals surface area contributed by atoms with Crippen LogP contribution in [-0.4, -0.2) is 30.7 Å². The Labute approximate surface area is 231 Å². The molecule has 0 radical (unpaired) electrons. The van der Waals surface area contributed by atoms with Crippen LogP contribution in [-0.2, 0) is 35.3 Å². The normalized spacial score (nSPS) is 14.8. The summed E-state index contributed by atoms with van der Waals surface area (Å²) in [6.45, 7) is 6.41. The van der Waals surface area contributed by atoms with Crippen molar-refractivity contribution in [3.8, 4) is 11.5 Å². The average molecular weight is 530 g/mol. The van der Waals surface area contributed by atoms with E-state index in [0.717, 1.165) is 55.6 Å². The molecule has 0 amide bonds. The molecule has 0 aromatic heterocycles. The van der Waals surface area contributed by atoms with Crippen molar-refractivity contribution in [1.29, 1.82) is 0 Å². The highest BCUT2D eigenvalue weighted by atomic mass is 16.5. The minimum Gasteiger partial charge on any atom is -0.497 e. The Morgan fingerprint density at radius 3 is 2.36 bits per heavy atom. The van der Waals surface area contributed by atoms with Crippen molar-refractivity contribution in [2.24, 2.45) is 5.41 Å². The second-order valence-electron chi connectivity index (χ2n) is 11.4. The Kier molecular flexibility index (Phi) is 8.95. The number of anilines is 1. The summed E-state index contributed by atoms with van der Waals surface area (Å²) >= 11 is 0. The molecule has 0 spiro atoms. The van der Waals surface area contributed by atoms with Crippen LogP contribution in [0.2, 0.25) is 0 Å². The molecular formula is C33H39NO5. The first kappa shape index (κ1) is 28.2. The molecular weight excluding hydrogens is 490 g/mol. The van der Waals surface area contributed by atoms with Gasteiger partial charge >= 0.3 is 11.9 Å². The molecule has 6 nitrogen and oxygen atoms in total. The van der Waals surface area contributed by atoms with E-state index in [0.29, 0.717) is 11.7 Å². The van der Waals surface area contributed by atoms with Crippen LogP contribution >= 0.6 is 0 Å². The van der Waals surface area contributed by atoms with Crippen molar-refractivity contribution in [3.05, 3.63) is 88.5 Å². The Morgan fingerprint density at radius 2 is 1.67 bits per heavy atom. The van der Waals surface area contributed by atoms with Gasteiger partial charge in [-0.25, -0.2) is 0 Å². The van der Waals surface area contributed by atoms with Crippen molar-refractivity contribution in [1.82, 2.24) is 0 Å². The van der Waals surface area contributed by atoms with Crippen LogP contribution in [0, 0.1) is 5.41 Å². The molecule has 0 saturated heterocycles. The molecule has 0 saturated carbocycles. The van der Waals surface area contributed by atoms with Gasteiger partial charge in [-0.1, -0.05) is 36.4 Å². The minimum atomic E-state index is -0.811. The van der Waals surface area contributed by atoms with Crippen molar-refractivity contribution in [3.63, 3.8) is 0 Å². The van der Waals surface area contributed by atoms with Crippen LogP contribution in [0.15, 0.2) is 60.7 Å². The first-order chi connectivity index (χ1) is 18.6. The third-order valence-electron chi connectivity index (χ3n) is 7.27. The Balaban J connectivity index is 1.39. The lowest BCUT2D eigenvalue weighted by Crippen LogP contribution is -2.25. The van der Waals surface area contributed by atoms with E-state index in [9.17, 15) is 9.59 Å². The molecule has 4 rings (SSSR count). The molecule has 39 heavy (non-hydrogen) atoms. The van der Waals surface area contributed by atoms with Gasteiger partial charge in [-0.15, -0.1) is 0 Å². The summed E-state index contributed by atoms with van der Waals surface area (Å²) in [5.74, 6) is 0.803. The molecule has 1 atom stereocenters. The number of benzene rings is 3. The topological polar surface area (TPSA) is 84.9 Å². The zero-order valence-electron chi connectivity index (χ0n) is 23.4. The summed E-state index contributed by atoms with van der Waals surface area (Å²) < 4.78 is 11.1. The SMILES string of the molecule is COc1ccc([C@H]2CCc3cc(OC(=O)C(C)(C)C)ccc3C2)c(NCCCc2ccc(CC(=O)O)cc2)c1. The lowest BCUT2D eigenvalue weighted by Gasteiger charge is -2.28. The van der Waals surface area contributed by atoms with Gasteiger partial charge in [-0.2, -0.15) is 0 Å². The van der Waals surface area contributed by atoms with Crippen LogP contribution < -0.4 is 14.8 Å². The minimum absolute atomic E-state index is 0.0535. The first-order valence-corrected chi connectivity index (χ1v) is 13.7. The number of rotatable bonds is 10. The maximum Gasteiger partial charge on any atom is 0.316 e.